The minimum absolute atomic E-state index is 0.148. The number of carbonyl (C=O) groups excluding carboxylic acids is 1. The third-order valence-corrected chi connectivity index (χ3v) is 5.80. The van der Waals surface area contributed by atoms with Gasteiger partial charge in [-0.15, -0.1) is 11.3 Å². The molecule has 1 aliphatic carbocycles. The van der Waals surface area contributed by atoms with Crippen molar-refractivity contribution in [3.05, 3.63) is 22.8 Å². The number of nitrogens with one attached hydrogen (secondary N) is 1. The van der Waals surface area contributed by atoms with Gasteiger partial charge in [0.15, 0.2) is 5.13 Å². The first-order chi connectivity index (χ1) is 12.1. The molecule has 25 heavy (non-hydrogen) atoms. The van der Waals surface area contributed by atoms with Crippen LogP contribution in [0, 0.1) is 13.8 Å². The average Bonchev–Trinajstić information content (AvgIpc) is 3.32. The van der Waals surface area contributed by atoms with Gasteiger partial charge in [0.2, 0.25) is 0 Å². The zero-order valence-electron chi connectivity index (χ0n) is 15.3. The van der Waals surface area contributed by atoms with E-state index in [1.807, 2.05) is 0 Å². The van der Waals surface area contributed by atoms with Crippen LogP contribution in [0.3, 0.4) is 0 Å². The van der Waals surface area contributed by atoms with E-state index in [4.69, 9.17) is 9.72 Å². The van der Waals surface area contributed by atoms with Gasteiger partial charge in [-0.2, -0.15) is 0 Å². The molecule has 6 heteroatoms. The molecule has 0 atom stereocenters. The molecule has 2 heterocycles. The summed E-state index contributed by atoms with van der Waals surface area (Å²) in [5, 5.41) is 6.74. The number of anilines is 1. The van der Waals surface area contributed by atoms with Crippen molar-refractivity contribution in [2.24, 2.45) is 0 Å². The van der Waals surface area contributed by atoms with Gasteiger partial charge in [-0.1, -0.05) is 12.8 Å². The SMILES string of the molecule is COC(=O)CCCn1c(C)cc(-c2csc(NC3CCCC3)n2)c1C. The summed E-state index contributed by atoms with van der Waals surface area (Å²) in [5.41, 5.74) is 4.64. The Labute approximate surface area is 153 Å². The number of carbonyl (C=O) groups is 1. The highest BCUT2D eigenvalue weighted by Gasteiger charge is 2.18. The van der Waals surface area contributed by atoms with Crippen LogP contribution in [0.5, 0.6) is 0 Å². The van der Waals surface area contributed by atoms with Crippen LogP contribution in [0.1, 0.15) is 49.9 Å². The molecule has 1 N–H and O–H groups in total. The van der Waals surface area contributed by atoms with Crippen molar-refractivity contribution in [1.29, 1.82) is 0 Å². The molecule has 0 spiro atoms. The number of esters is 1. The molecule has 0 radical (unpaired) electrons. The van der Waals surface area contributed by atoms with Crippen LogP contribution in [-0.4, -0.2) is 28.7 Å². The summed E-state index contributed by atoms with van der Waals surface area (Å²) in [4.78, 5) is 16.1. The molecule has 1 aliphatic rings. The van der Waals surface area contributed by atoms with Gasteiger partial charge < -0.3 is 14.6 Å². The lowest BCUT2D eigenvalue weighted by atomic mass is 10.2. The molecule has 2 aromatic rings. The minimum atomic E-state index is -0.148. The zero-order valence-corrected chi connectivity index (χ0v) is 16.1. The molecule has 0 amide bonds. The number of aromatic nitrogens is 2. The lowest BCUT2D eigenvalue weighted by Gasteiger charge is -2.10. The van der Waals surface area contributed by atoms with Crippen LogP contribution in [-0.2, 0) is 16.1 Å². The van der Waals surface area contributed by atoms with E-state index in [2.05, 4.69) is 35.2 Å². The molecule has 0 bridgehead atoms. The van der Waals surface area contributed by atoms with Crippen LogP contribution in [0.15, 0.2) is 11.4 Å². The maximum absolute atomic E-state index is 11.3. The lowest BCUT2D eigenvalue weighted by Crippen LogP contribution is -2.14. The number of hydrogen-bond donors (Lipinski definition) is 1. The quantitative estimate of drug-likeness (QED) is 0.736. The van der Waals surface area contributed by atoms with Gasteiger partial charge >= 0.3 is 5.97 Å². The number of aryl methyl sites for hydroxylation is 1. The van der Waals surface area contributed by atoms with E-state index in [1.54, 1.807) is 11.3 Å². The third-order valence-electron chi connectivity index (χ3n) is 5.03. The first-order valence-corrected chi connectivity index (χ1v) is 9.92. The van der Waals surface area contributed by atoms with Crippen molar-refractivity contribution in [2.75, 3.05) is 12.4 Å². The van der Waals surface area contributed by atoms with E-state index in [9.17, 15) is 4.79 Å². The normalized spacial score (nSPS) is 14.8. The number of hydrogen-bond acceptors (Lipinski definition) is 5. The standard InChI is InChI=1S/C19H27N3O2S/c1-13-11-16(14(2)22(13)10-6-9-18(23)24-3)17-12-25-19(21-17)20-15-7-4-5-8-15/h11-12,15H,4-10H2,1-3H3,(H,20,21). The summed E-state index contributed by atoms with van der Waals surface area (Å²) in [6.07, 6.45) is 6.39. The summed E-state index contributed by atoms with van der Waals surface area (Å²) in [7, 11) is 1.44. The van der Waals surface area contributed by atoms with Crippen molar-refractivity contribution in [1.82, 2.24) is 9.55 Å². The highest BCUT2D eigenvalue weighted by atomic mass is 32.1. The fourth-order valence-corrected chi connectivity index (χ4v) is 4.39. The predicted octanol–water partition coefficient (Wildman–Crippen LogP) is 4.54. The predicted molar refractivity (Wildman–Crippen MR) is 102 cm³/mol. The first kappa shape index (κ1) is 18.0. The first-order valence-electron chi connectivity index (χ1n) is 9.04. The smallest absolute Gasteiger partial charge is 0.305 e. The van der Waals surface area contributed by atoms with Crippen LogP contribution < -0.4 is 5.32 Å². The van der Waals surface area contributed by atoms with Crippen LogP contribution in [0.2, 0.25) is 0 Å². The molecular weight excluding hydrogens is 334 g/mol. The Bertz CT molecular complexity index is 729. The Morgan fingerprint density at radius 1 is 1.40 bits per heavy atom. The zero-order chi connectivity index (χ0) is 17.8. The maximum atomic E-state index is 11.3. The Balaban J connectivity index is 1.69. The van der Waals surface area contributed by atoms with Gasteiger partial charge in [-0.25, -0.2) is 4.98 Å². The van der Waals surface area contributed by atoms with Crippen molar-refractivity contribution in [3.63, 3.8) is 0 Å². The topological polar surface area (TPSA) is 56.1 Å². The van der Waals surface area contributed by atoms with Gasteiger partial charge in [0, 0.05) is 41.3 Å². The van der Waals surface area contributed by atoms with Crippen LogP contribution >= 0.6 is 11.3 Å². The molecule has 0 saturated heterocycles. The summed E-state index contributed by atoms with van der Waals surface area (Å²) >= 11 is 1.69. The maximum Gasteiger partial charge on any atom is 0.305 e. The summed E-state index contributed by atoms with van der Waals surface area (Å²) in [6, 6.07) is 2.78. The number of thiazole rings is 1. The molecule has 1 fully saturated rings. The molecular formula is C19H27N3O2S. The second kappa shape index (κ2) is 8.04. The molecule has 3 rings (SSSR count). The van der Waals surface area contributed by atoms with Crippen LogP contribution in [0.4, 0.5) is 5.13 Å². The van der Waals surface area contributed by atoms with E-state index >= 15 is 0 Å². The second-order valence-electron chi connectivity index (χ2n) is 6.78. The van der Waals surface area contributed by atoms with Crippen molar-refractivity contribution < 1.29 is 9.53 Å². The van der Waals surface area contributed by atoms with E-state index in [-0.39, 0.29) is 5.97 Å². The number of nitrogens with zero attached hydrogens (tertiary/aromatic N) is 2. The number of rotatable bonds is 7. The number of methoxy groups -OCH3 is 1. The minimum Gasteiger partial charge on any atom is -0.469 e. The fraction of sp³-hybridized carbons (Fsp3) is 0.579. The van der Waals surface area contributed by atoms with E-state index in [0.717, 1.165) is 23.8 Å². The monoisotopic (exact) mass is 361 g/mol. The van der Waals surface area contributed by atoms with E-state index in [0.29, 0.717) is 12.5 Å². The van der Waals surface area contributed by atoms with Crippen molar-refractivity contribution in [2.45, 2.75) is 65.0 Å². The van der Waals surface area contributed by atoms with Gasteiger partial charge in [0.25, 0.3) is 0 Å². The van der Waals surface area contributed by atoms with Gasteiger partial charge in [-0.05, 0) is 39.2 Å². The molecule has 0 unspecified atom stereocenters. The average molecular weight is 362 g/mol. The molecule has 2 aromatic heterocycles. The molecule has 1 saturated carbocycles. The Kier molecular flexibility index (Phi) is 5.78. The third kappa shape index (κ3) is 4.24. The summed E-state index contributed by atoms with van der Waals surface area (Å²) in [5.74, 6) is -0.148. The lowest BCUT2D eigenvalue weighted by molar-refractivity contribution is -0.140. The van der Waals surface area contributed by atoms with Gasteiger partial charge in [-0.3, -0.25) is 4.79 Å². The Hall–Kier alpha value is -1.82. The molecule has 5 nitrogen and oxygen atoms in total. The second-order valence-corrected chi connectivity index (χ2v) is 7.64. The molecule has 136 valence electrons. The van der Waals surface area contributed by atoms with E-state index in [1.165, 1.54) is 49.7 Å². The van der Waals surface area contributed by atoms with Crippen LogP contribution in [0.25, 0.3) is 11.3 Å². The summed E-state index contributed by atoms with van der Waals surface area (Å²) in [6.45, 7) is 5.06. The van der Waals surface area contributed by atoms with Gasteiger partial charge in [0.05, 0.1) is 12.8 Å². The van der Waals surface area contributed by atoms with Crippen molar-refractivity contribution in [3.8, 4) is 11.3 Å². The highest BCUT2D eigenvalue weighted by molar-refractivity contribution is 7.14. The van der Waals surface area contributed by atoms with Crippen molar-refractivity contribution >= 4 is 22.4 Å². The van der Waals surface area contributed by atoms with E-state index < -0.39 is 0 Å². The molecule has 0 aliphatic heterocycles. The van der Waals surface area contributed by atoms with Gasteiger partial charge in [0.1, 0.15) is 0 Å². The number of ether oxygens (including phenoxy) is 1. The Morgan fingerprint density at radius 3 is 2.88 bits per heavy atom. The fourth-order valence-electron chi connectivity index (χ4n) is 3.60. The summed E-state index contributed by atoms with van der Waals surface area (Å²) < 4.78 is 6.98. The highest BCUT2D eigenvalue weighted by Crippen LogP contribution is 2.31. The Morgan fingerprint density at radius 2 is 2.16 bits per heavy atom. The molecule has 0 aromatic carbocycles. The largest absolute Gasteiger partial charge is 0.469 e.